The average molecular weight is 425 g/mol. The van der Waals surface area contributed by atoms with Crippen molar-refractivity contribution < 1.29 is 4.79 Å². The van der Waals surface area contributed by atoms with Crippen molar-refractivity contribution in [2.45, 2.75) is 53.6 Å². The normalized spacial score (nSPS) is 14.5. The molecule has 3 aromatic rings. The summed E-state index contributed by atoms with van der Waals surface area (Å²) < 4.78 is 1.57. The molecular formula is C23H28N4O2S. The molecule has 1 aliphatic rings. The number of anilines is 1. The van der Waals surface area contributed by atoms with Gasteiger partial charge in [0.15, 0.2) is 0 Å². The number of carbonyl (C=O) groups is 1. The number of amides is 1. The fraction of sp³-hybridized carbons (Fsp3) is 0.435. The number of hydrogen-bond donors (Lipinski definition) is 1. The van der Waals surface area contributed by atoms with Gasteiger partial charge in [-0.1, -0.05) is 6.07 Å². The standard InChI is InChI=1S/C23H28N4O2S/c1-14-7-8-18(11-15(14)2)24-20(28)13-27-19(12-26-9-5-6-10-26)25-22-21(23(27)29)16(3)17(4)30-22/h7-8,11H,5-6,9-10,12-13H2,1-4H3,(H,24,28). The minimum absolute atomic E-state index is 0.0355. The summed E-state index contributed by atoms with van der Waals surface area (Å²) in [7, 11) is 0. The molecule has 2 aromatic heterocycles. The Kier molecular flexibility index (Phi) is 5.75. The molecule has 30 heavy (non-hydrogen) atoms. The molecule has 7 heteroatoms. The SMILES string of the molecule is Cc1ccc(NC(=O)Cn2c(CN3CCCC3)nc3sc(C)c(C)c3c2=O)cc1C. The molecule has 4 rings (SSSR count). The topological polar surface area (TPSA) is 67.2 Å². The van der Waals surface area contributed by atoms with Gasteiger partial charge < -0.3 is 5.32 Å². The van der Waals surface area contributed by atoms with Crippen LogP contribution in [-0.2, 0) is 17.9 Å². The van der Waals surface area contributed by atoms with Gasteiger partial charge in [-0.3, -0.25) is 19.1 Å². The molecule has 0 radical (unpaired) electrons. The van der Waals surface area contributed by atoms with E-state index in [0.29, 0.717) is 17.8 Å². The minimum Gasteiger partial charge on any atom is -0.325 e. The summed E-state index contributed by atoms with van der Waals surface area (Å²) >= 11 is 1.55. The summed E-state index contributed by atoms with van der Waals surface area (Å²) in [6.07, 6.45) is 2.33. The van der Waals surface area contributed by atoms with E-state index in [1.807, 2.05) is 45.9 Å². The fourth-order valence-corrected chi connectivity index (χ4v) is 5.00. The Hall–Kier alpha value is -2.51. The van der Waals surface area contributed by atoms with Gasteiger partial charge in [0.05, 0.1) is 11.9 Å². The molecule has 3 heterocycles. The molecule has 1 fully saturated rings. The molecule has 0 atom stereocenters. The van der Waals surface area contributed by atoms with Crippen molar-refractivity contribution in [3.8, 4) is 0 Å². The molecule has 0 spiro atoms. The van der Waals surface area contributed by atoms with Gasteiger partial charge in [-0.25, -0.2) is 4.98 Å². The first kappa shape index (κ1) is 20.8. The predicted molar refractivity (Wildman–Crippen MR) is 122 cm³/mol. The number of benzene rings is 1. The van der Waals surface area contributed by atoms with Crippen LogP contribution >= 0.6 is 11.3 Å². The molecule has 6 nitrogen and oxygen atoms in total. The zero-order valence-electron chi connectivity index (χ0n) is 18.0. The van der Waals surface area contributed by atoms with Crippen molar-refractivity contribution in [1.29, 1.82) is 0 Å². The lowest BCUT2D eigenvalue weighted by molar-refractivity contribution is -0.116. The first-order valence-electron chi connectivity index (χ1n) is 10.4. The highest BCUT2D eigenvalue weighted by molar-refractivity contribution is 7.18. The second kappa shape index (κ2) is 8.32. The van der Waals surface area contributed by atoms with Crippen molar-refractivity contribution in [3.63, 3.8) is 0 Å². The Balaban J connectivity index is 1.68. The molecule has 1 aliphatic heterocycles. The summed E-state index contributed by atoms with van der Waals surface area (Å²) in [6, 6.07) is 5.83. The van der Waals surface area contributed by atoms with Crippen LogP contribution in [0.1, 0.15) is 40.2 Å². The third kappa shape index (κ3) is 4.04. The predicted octanol–water partition coefficient (Wildman–Crippen LogP) is 3.93. The van der Waals surface area contributed by atoms with Crippen LogP contribution in [0.15, 0.2) is 23.0 Å². The van der Waals surface area contributed by atoms with E-state index in [1.165, 1.54) is 5.56 Å². The van der Waals surface area contributed by atoms with Crippen LogP contribution in [0.3, 0.4) is 0 Å². The van der Waals surface area contributed by atoms with Gasteiger partial charge in [0.1, 0.15) is 17.2 Å². The molecule has 0 bridgehead atoms. The van der Waals surface area contributed by atoms with Gasteiger partial charge in [0, 0.05) is 10.6 Å². The molecule has 1 aromatic carbocycles. The fourth-order valence-electron chi connectivity index (χ4n) is 3.96. The number of carbonyl (C=O) groups excluding carboxylic acids is 1. The number of aryl methyl sites for hydroxylation is 4. The molecule has 1 saturated heterocycles. The number of nitrogens with one attached hydrogen (secondary N) is 1. The maximum atomic E-state index is 13.4. The van der Waals surface area contributed by atoms with Crippen LogP contribution in [0, 0.1) is 27.7 Å². The van der Waals surface area contributed by atoms with Gasteiger partial charge in [0.2, 0.25) is 5.91 Å². The van der Waals surface area contributed by atoms with Crippen LogP contribution in [-0.4, -0.2) is 33.4 Å². The Bertz CT molecular complexity index is 1170. The van der Waals surface area contributed by atoms with E-state index in [2.05, 4.69) is 10.2 Å². The second-order valence-electron chi connectivity index (χ2n) is 8.21. The van der Waals surface area contributed by atoms with E-state index in [-0.39, 0.29) is 18.0 Å². The number of fused-ring (bicyclic) bond motifs is 1. The molecule has 1 amide bonds. The largest absolute Gasteiger partial charge is 0.325 e. The third-order valence-corrected chi connectivity index (χ3v) is 7.13. The molecule has 0 aliphatic carbocycles. The van der Waals surface area contributed by atoms with E-state index >= 15 is 0 Å². The quantitative estimate of drug-likeness (QED) is 0.674. The zero-order chi connectivity index (χ0) is 21.4. The van der Waals surface area contributed by atoms with E-state index in [0.717, 1.165) is 52.5 Å². The Morgan fingerprint density at radius 3 is 2.57 bits per heavy atom. The Morgan fingerprint density at radius 2 is 1.87 bits per heavy atom. The third-order valence-electron chi connectivity index (χ3n) is 6.02. The number of hydrogen-bond acceptors (Lipinski definition) is 5. The minimum atomic E-state index is -0.214. The van der Waals surface area contributed by atoms with Gasteiger partial charge in [0.25, 0.3) is 5.56 Å². The summed E-state index contributed by atoms with van der Waals surface area (Å²) in [6.45, 7) is 10.6. The van der Waals surface area contributed by atoms with Crippen LogP contribution in [0.4, 0.5) is 5.69 Å². The maximum Gasteiger partial charge on any atom is 0.263 e. The van der Waals surface area contributed by atoms with Crippen molar-refractivity contribution in [2.75, 3.05) is 18.4 Å². The average Bonchev–Trinajstić information content (AvgIpc) is 3.30. The highest BCUT2D eigenvalue weighted by Gasteiger charge is 2.21. The van der Waals surface area contributed by atoms with E-state index in [4.69, 9.17) is 4.98 Å². The van der Waals surface area contributed by atoms with Crippen LogP contribution in [0.25, 0.3) is 10.2 Å². The lowest BCUT2D eigenvalue weighted by Crippen LogP contribution is -2.33. The lowest BCUT2D eigenvalue weighted by Gasteiger charge is -2.18. The molecular weight excluding hydrogens is 396 g/mol. The number of thiophene rings is 1. The molecule has 0 unspecified atom stereocenters. The Labute approximate surface area is 180 Å². The summed E-state index contributed by atoms with van der Waals surface area (Å²) in [5, 5.41) is 3.58. The van der Waals surface area contributed by atoms with Crippen molar-refractivity contribution >= 4 is 33.1 Å². The van der Waals surface area contributed by atoms with E-state index in [1.54, 1.807) is 15.9 Å². The van der Waals surface area contributed by atoms with Crippen molar-refractivity contribution in [2.24, 2.45) is 0 Å². The second-order valence-corrected chi connectivity index (χ2v) is 9.42. The number of likely N-dealkylation sites (tertiary alicyclic amines) is 1. The first-order valence-corrected chi connectivity index (χ1v) is 11.2. The Morgan fingerprint density at radius 1 is 1.13 bits per heavy atom. The molecule has 0 saturated carbocycles. The molecule has 1 N–H and O–H groups in total. The highest BCUT2D eigenvalue weighted by atomic mass is 32.1. The number of aromatic nitrogens is 2. The smallest absolute Gasteiger partial charge is 0.263 e. The van der Waals surface area contributed by atoms with Gasteiger partial charge in [-0.15, -0.1) is 11.3 Å². The van der Waals surface area contributed by atoms with E-state index in [9.17, 15) is 9.59 Å². The van der Waals surface area contributed by atoms with Crippen molar-refractivity contribution in [3.05, 3.63) is 55.9 Å². The zero-order valence-corrected chi connectivity index (χ0v) is 18.9. The van der Waals surface area contributed by atoms with Crippen LogP contribution in [0.2, 0.25) is 0 Å². The molecule has 158 valence electrons. The van der Waals surface area contributed by atoms with Crippen molar-refractivity contribution in [1.82, 2.24) is 14.5 Å². The van der Waals surface area contributed by atoms with E-state index < -0.39 is 0 Å². The summed E-state index contributed by atoms with van der Waals surface area (Å²) in [5.74, 6) is 0.458. The first-order chi connectivity index (χ1) is 14.3. The van der Waals surface area contributed by atoms with Gasteiger partial charge >= 0.3 is 0 Å². The number of nitrogens with zero attached hydrogens (tertiary/aromatic N) is 3. The van der Waals surface area contributed by atoms with Gasteiger partial charge in [-0.05, 0) is 82.4 Å². The van der Waals surface area contributed by atoms with Crippen LogP contribution < -0.4 is 10.9 Å². The summed E-state index contributed by atoms with van der Waals surface area (Å²) in [5.41, 5.74) is 3.88. The number of rotatable bonds is 5. The van der Waals surface area contributed by atoms with Crippen LogP contribution in [0.5, 0.6) is 0 Å². The van der Waals surface area contributed by atoms with Gasteiger partial charge in [-0.2, -0.15) is 0 Å². The summed E-state index contributed by atoms with van der Waals surface area (Å²) in [4.78, 5) is 35.2. The lowest BCUT2D eigenvalue weighted by atomic mass is 10.1. The monoisotopic (exact) mass is 424 g/mol. The maximum absolute atomic E-state index is 13.4. The highest BCUT2D eigenvalue weighted by Crippen LogP contribution is 2.27.